The summed E-state index contributed by atoms with van der Waals surface area (Å²) in [7, 11) is 1.80. The molecule has 19 heavy (non-hydrogen) atoms. The molecule has 5 heteroatoms. The number of amides is 1. The second kappa shape index (κ2) is 6.06. The van der Waals surface area contributed by atoms with Gasteiger partial charge in [-0.2, -0.15) is 5.26 Å². The van der Waals surface area contributed by atoms with Gasteiger partial charge in [0, 0.05) is 21.8 Å². The molecule has 1 aliphatic carbocycles. The molecule has 0 aromatic carbocycles. The van der Waals surface area contributed by atoms with Crippen molar-refractivity contribution in [1.82, 2.24) is 4.90 Å². The van der Waals surface area contributed by atoms with Crippen LogP contribution in [0.25, 0.3) is 0 Å². The van der Waals surface area contributed by atoms with E-state index in [0.29, 0.717) is 19.4 Å². The van der Waals surface area contributed by atoms with Crippen molar-refractivity contribution in [1.29, 1.82) is 5.26 Å². The summed E-state index contributed by atoms with van der Waals surface area (Å²) in [6, 6.07) is 4.31. The third-order valence-corrected chi connectivity index (χ3v) is 5.37. The lowest BCUT2D eigenvalue weighted by atomic mass is 9.74. The highest BCUT2D eigenvalue weighted by atomic mass is 79.9. The Bertz CT molecular complexity index is 500. The first-order chi connectivity index (χ1) is 9.07. The van der Waals surface area contributed by atoms with Crippen molar-refractivity contribution in [3.8, 4) is 6.07 Å². The van der Waals surface area contributed by atoms with Crippen LogP contribution in [0.15, 0.2) is 15.9 Å². The molecule has 1 saturated carbocycles. The Hall–Kier alpha value is -0.860. The van der Waals surface area contributed by atoms with Gasteiger partial charge in [0.1, 0.15) is 5.41 Å². The zero-order valence-corrected chi connectivity index (χ0v) is 13.4. The summed E-state index contributed by atoms with van der Waals surface area (Å²) in [5.41, 5.74) is -0.776. The monoisotopic (exact) mass is 340 g/mol. The molecule has 1 heterocycles. The predicted octanol–water partition coefficient (Wildman–Crippen LogP) is 3.94. The Morgan fingerprint density at radius 2 is 2.21 bits per heavy atom. The Morgan fingerprint density at radius 3 is 2.74 bits per heavy atom. The smallest absolute Gasteiger partial charge is 0.243 e. The van der Waals surface area contributed by atoms with Crippen LogP contribution in [0.3, 0.4) is 0 Å². The maximum atomic E-state index is 12.6. The number of thiophene rings is 1. The van der Waals surface area contributed by atoms with E-state index < -0.39 is 5.41 Å². The van der Waals surface area contributed by atoms with Crippen LogP contribution in [0, 0.1) is 16.7 Å². The van der Waals surface area contributed by atoms with E-state index in [1.54, 1.807) is 23.3 Å². The van der Waals surface area contributed by atoms with Crippen molar-refractivity contribution in [3.05, 3.63) is 20.8 Å². The first kappa shape index (κ1) is 14.5. The van der Waals surface area contributed by atoms with Crippen molar-refractivity contribution in [3.63, 3.8) is 0 Å². The quantitative estimate of drug-likeness (QED) is 0.836. The maximum absolute atomic E-state index is 12.6. The maximum Gasteiger partial charge on any atom is 0.243 e. The fourth-order valence-corrected chi connectivity index (χ4v) is 4.14. The van der Waals surface area contributed by atoms with E-state index in [9.17, 15) is 10.1 Å². The Kier molecular flexibility index (Phi) is 4.64. The SMILES string of the molecule is CN(Cc1cc(Br)cs1)C(=O)C1(C#N)CCCCC1. The summed E-state index contributed by atoms with van der Waals surface area (Å²) in [6.07, 6.45) is 4.52. The van der Waals surface area contributed by atoms with Crippen LogP contribution in [0.2, 0.25) is 0 Å². The molecule has 0 bridgehead atoms. The van der Waals surface area contributed by atoms with Gasteiger partial charge >= 0.3 is 0 Å². The van der Waals surface area contributed by atoms with Crippen LogP contribution in [0.1, 0.15) is 37.0 Å². The summed E-state index contributed by atoms with van der Waals surface area (Å²) in [6.45, 7) is 0.582. The normalized spacial score (nSPS) is 17.7. The predicted molar refractivity (Wildman–Crippen MR) is 79.6 cm³/mol. The first-order valence-electron chi connectivity index (χ1n) is 6.47. The van der Waals surface area contributed by atoms with E-state index in [-0.39, 0.29) is 5.91 Å². The molecule has 0 N–H and O–H groups in total. The minimum absolute atomic E-state index is 0.0146. The van der Waals surface area contributed by atoms with Crippen LogP contribution in [0.5, 0.6) is 0 Å². The fraction of sp³-hybridized carbons (Fsp3) is 0.571. The summed E-state index contributed by atoms with van der Waals surface area (Å²) < 4.78 is 1.04. The van der Waals surface area contributed by atoms with Gasteiger partial charge < -0.3 is 4.90 Å². The zero-order valence-electron chi connectivity index (χ0n) is 11.0. The topological polar surface area (TPSA) is 44.1 Å². The van der Waals surface area contributed by atoms with E-state index in [0.717, 1.165) is 28.6 Å². The minimum Gasteiger partial charge on any atom is -0.339 e. The molecule has 0 atom stereocenters. The Labute approximate surface area is 126 Å². The molecular weight excluding hydrogens is 324 g/mol. The molecule has 0 unspecified atom stereocenters. The lowest BCUT2D eigenvalue weighted by molar-refractivity contribution is -0.139. The Morgan fingerprint density at radius 1 is 1.53 bits per heavy atom. The number of hydrogen-bond donors (Lipinski definition) is 0. The molecular formula is C14H17BrN2OS. The molecule has 0 spiro atoms. The molecule has 1 aromatic heterocycles. The molecule has 1 fully saturated rings. The number of rotatable bonds is 3. The molecule has 3 nitrogen and oxygen atoms in total. The highest BCUT2D eigenvalue weighted by Crippen LogP contribution is 2.37. The third-order valence-electron chi connectivity index (χ3n) is 3.69. The van der Waals surface area contributed by atoms with Crippen molar-refractivity contribution < 1.29 is 4.79 Å². The minimum atomic E-state index is -0.776. The fourth-order valence-electron chi connectivity index (χ4n) is 2.64. The van der Waals surface area contributed by atoms with Crippen molar-refractivity contribution in [2.45, 2.75) is 38.6 Å². The van der Waals surface area contributed by atoms with Crippen LogP contribution in [-0.4, -0.2) is 17.9 Å². The lowest BCUT2D eigenvalue weighted by Crippen LogP contribution is -2.42. The highest BCUT2D eigenvalue weighted by Gasteiger charge is 2.41. The molecule has 0 saturated heterocycles. The molecule has 102 valence electrons. The van der Waals surface area contributed by atoms with Gasteiger partial charge in [0.2, 0.25) is 5.91 Å². The van der Waals surface area contributed by atoms with Crippen LogP contribution in [-0.2, 0) is 11.3 Å². The molecule has 2 rings (SSSR count). The highest BCUT2D eigenvalue weighted by molar-refractivity contribution is 9.10. The summed E-state index contributed by atoms with van der Waals surface area (Å²) >= 11 is 5.04. The van der Waals surface area contributed by atoms with E-state index in [2.05, 4.69) is 22.0 Å². The average molecular weight is 341 g/mol. The number of nitriles is 1. The largest absolute Gasteiger partial charge is 0.339 e. The zero-order chi connectivity index (χ0) is 13.9. The standard InChI is InChI=1S/C14H17BrN2OS/c1-17(8-12-7-11(15)9-19-12)13(18)14(10-16)5-3-2-4-6-14/h7,9H,2-6,8H2,1H3. The molecule has 0 radical (unpaired) electrons. The average Bonchev–Trinajstić information content (AvgIpc) is 2.84. The number of hydrogen-bond acceptors (Lipinski definition) is 3. The van der Waals surface area contributed by atoms with E-state index in [1.165, 1.54) is 0 Å². The number of nitrogens with zero attached hydrogens (tertiary/aromatic N) is 2. The van der Waals surface area contributed by atoms with Gasteiger partial charge in [-0.3, -0.25) is 4.79 Å². The van der Waals surface area contributed by atoms with Crippen LogP contribution < -0.4 is 0 Å². The molecule has 1 aliphatic rings. The summed E-state index contributed by atoms with van der Waals surface area (Å²) in [5.74, 6) is -0.0146. The van der Waals surface area contributed by atoms with Crippen molar-refractivity contribution >= 4 is 33.2 Å². The van der Waals surface area contributed by atoms with Gasteiger partial charge in [-0.15, -0.1) is 11.3 Å². The third kappa shape index (κ3) is 3.18. The van der Waals surface area contributed by atoms with Crippen molar-refractivity contribution in [2.75, 3.05) is 7.05 Å². The van der Waals surface area contributed by atoms with E-state index in [4.69, 9.17) is 0 Å². The first-order valence-corrected chi connectivity index (χ1v) is 8.14. The summed E-state index contributed by atoms with van der Waals surface area (Å²) in [4.78, 5) is 15.4. The van der Waals surface area contributed by atoms with E-state index >= 15 is 0 Å². The summed E-state index contributed by atoms with van der Waals surface area (Å²) in [5, 5.41) is 11.4. The molecule has 0 aliphatic heterocycles. The molecule has 1 amide bonds. The Balaban J connectivity index is 2.07. The van der Waals surface area contributed by atoms with Gasteiger partial charge in [0.05, 0.1) is 12.6 Å². The number of halogens is 1. The van der Waals surface area contributed by atoms with Crippen molar-refractivity contribution in [2.24, 2.45) is 5.41 Å². The second-order valence-corrected chi connectivity index (χ2v) is 7.06. The molecule has 1 aromatic rings. The van der Waals surface area contributed by atoms with Crippen LogP contribution in [0.4, 0.5) is 0 Å². The number of carbonyl (C=O) groups is 1. The van der Waals surface area contributed by atoms with Gasteiger partial charge in [0.15, 0.2) is 0 Å². The van der Waals surface area contributed by atoms with Gasteiger partial charge in [0.25, 0.3) is 0 Å². The number of carbonyl (C=O) groups excluding carboxylic acids is 1. The second-order valence-electron chi connectivity index (χ2n) is 5.15. The van der Waals surface area contributed by atoms with Gasteiger partial charge in [-0.25, -0.2) is 0 Å². The lowest BCUT2D eigenvalue weighted by Gasteiger charge is -2.32. The van der Waals surface area contributed by atoms with Gasteiger partial charge in [-0.05, 0) is 34.8 Å². The van der Waals surface area contributed by atoms with Gasteiger partial charge in [-0.1, -0.05) is 19.3 Å². The van der Waals surface area contributed by atoms with Crippen LogP contribution >= 0.6 is 27.3 Å². The van der Waals surface area contributed by atoms with E-state index in [1.807, 2.05) is 11.4 Å².